The molecule has 2 aromatic rings. The van der Waals surface area contributed by atoms with E-state index in [1.165, 1.54) is 0 Å². The van der Waals surface area contributed by atoms with Crippen LogP contribution in [-0.2, 0) is 30.4 Å². The van der Waals surface area contributed by atoms with Crippen molar-refractivity contribution in [1.29, 1.82) is 0 Å². The van der Waals surface area contributed by atoms with E-state index >= 15 is 0 Å². The molecule has 1 heterocycles. The molecule has 0 aliphatic carbocycles. The quantitative estimate of drug-likeness (QED) is 0.310. The number of alkyl carbamates (subject to hydrolysis) is 1. The van der Waals surface area contributed by atoms with Gasteiger partial charge in [0.25, 0.3) is 0 Å². The van der Waals surface area contributed by atoms with Gasteiger partial charge in [-0.25, -0.2) is 9.59 Å². The Balaban J connectivity index is 1.56. The zero-order valence-corrected chi connectivity index (χ0v) is 18.9. The first-order valence-electron chi connectivity index (χ1n) is 11.0. The number of hydrogen-bond donors (Lipinski definition) is 2. The minimum absolute atomic E-state index is 0.00932. The summed E-state index contributed by atoms with van der Waals surface area (Å²) in [5, 5.41) is 5.41. The number of carbonyl (C=O) groups excluding carboxylic acids is 4. The van der Waals surface area contributed by atoms with Gasteiger partial charge in [0.2, 0.25) is 0 Å². The number of Topliss-reactive ketones (excluding diaryl/α,β-unsaturated/α-hetero) is 1. The van der Waals surface area contributed by atoms with Crippen LogP contribution in [0.2, 0.25) is 0 Å². The van der Waals surface area contributed by atoms with Gasteiger partial charge in [-0.15, -0.1) is 0 Å². The number of amides is 1. The highest BCUT2D eigenvalue weighted by Crippen LogP contribution is 2.14. The summed E-state index contributed by atoms with van der Waals surface area (Å²) < 4.78 is 15.5. The van der Waals surface area contributed by atoms with Gasteiger partial charge in [-0.1, -0.05) is 67.6 Å². The third-order valence-corrected chi connectivity index (χ3v) is 5.26. The molecule has 34 heavy (non-hydrogen) atoms. The van der Waals surface area contributed by atoms with E-state index < -0.39 is 49.1 Å². The third-order valence-electron chi connectivity index (χ3n) is 5.26. The SMILES string of the molecule is C[C@H]1CN[C@H](C(=O)OC[C@H](NC(=O)OCc2ccccc2)C(=O)OCC(=O)c2ccccc2)C1. The first-order chi connectivity index (χ1) is 16.4. The second-order valence-corrected chi connectivity index (χ2v) is 8.09. The maximum Gasteiger partial charge on any atom is 0.408 e. The normalized spacial score (nSPS) is 17.9. The average Bonchev–Trinajstić information content (AvgIpc) is 3.31. The van der Waals surface area contributed by atoms with Gasteiger partial charge in [-0.05, 0) is 24.4 Å². The van der Waals surface area contributed by atoms with Crippen molar-refractivity contribution in [2.24, 2.45) is 5.92 Å². The van der Waals surface area contributed by atoms with Gasteiger partial charge in [-0.2, -0.15) is 0 Å². The number of hydrogen-bond acceptors (Lipinski definition) is 8. The van der Waals surface area contributed by atoms with E-state index in [4.69, 9.17) is 14.2 Å². The number of ketones is 1. The molecule has 180 valence electrons. The van der Waals surface area contributed by atoms with Crippen molar-refractivity contribution in [2.75, 3.05) is 19.8 Å². The van der Waals surface area contributed by atoms with Crippen molar-refractivity contribution in [1.82, 2.24) is 10.6 Å². The lowest BCUT2D eigenvalue weighted by Crippen LogP contribution is -2.47. The summed E-state index contributed by atoms with van der Waals surface area (Å²) in [5.74, 6) is -1.52. The average molecular weight is 469 g/mol. The molecule has 0 bridgehead atoms. The topological polar surface area (TPSA) is 120 Å². The molecule has 2 aromatic carbocycles. The molecule has 0 saturated carbocycles. The van der Waals surface area contributed by atoms with Crippen molar-refractivity contribution in [3.05, 3.63) is 71.8 Å². The van der Waals surface area contributed by atoms with Crippen LogP contribution in [0.3, 0.4) is 0 Å². The molecule has 0 radical (unpaired) electrons. The molecule has 0 unspecified atom stereocenters. The Morgan fingerprint density at radius 2 is 1.65 bits per heavy atom. The summed E-state index contributed by atoms with van der Waals surface area (Å²) in [6.45, 7) is 1.72. The number of ether oxygens (including phenoxy) is 3. The fourth-order valence-electron chi connectivity index (χ4n) is 3.38. The van der Waals surface area contributed by atoms with Gasteiger partial charge in [0.1, 0.15) is 19.3 Å². The molecule has 1 amide bonds. The van der Waals surface area contributed by atoms with Crippen LogP contribution >= 0.6 is 0 Å². The fraction of sp³-hybridized carbons (Fsp3) is 0.360. The maximum atomic E-state index is 12.6. The molecule has 0 aromatic heterocycles. The van der Waals surface area contributed by atoms with Crippen molar-refractivity contribution in [3.8, 4) is 0 Å². The number of nitrogens with one attached hydrogen (secondary N) is 2. The number of carbonyl (C=O) groups is 4. The minimum Gasteiger partial charge on any atom is -0.462 e. The predicted molar refractivity (Wildman–Crippen MR) is 122 cm³/mol. The Labute approximate surface area is 197 Å². The van der Waals surface area contributed by atoms with Gasteiger partial charge in [0.15, 0.2) is 18.4 Å². The number of rotatable bonds is 10. The first kappa shape index (κ1) is 24.9. The van der Waals surface area contributed by atoms with Gasteiger partial charge in [0, 0.05) is 5.56 Å². The summed E-state index contributed by atoms with van der Waals surface area (Å²) >= 11 is 0. The molecule has 1 saturated heterocycles. The third kappa shape index (κ3) is 7.70. The monoisotopic (exact) mass is 468 g/mol. The van der Waals surface area contributed by atoms with Crippen molar-refractivity contribution in [3.63, 3.8) is 0 Å². The Kier molecular flexibility index (Phi) is 9.16. The minimum atomic E-state index is -1.34. The Morgan fingerprint density at radius 1 is 0.971 bits per heavy atom. The van der Waals surface area contributed by atoms with E-state index in [1.54, 1.807) is 54.6 Å². The van der Waals surface area contributed by atoms with Crippen LogP contribution in [-0.4, -0.2) is 55.7 Å². The summed E-state index contributed by atoms with van der Waals surface area (Å²) in [4.78, 5) is 49.5. The molecular formula is C25H28N2O7. The lowest BCUT2D eigenvalue weighted by atomic mass is 10.1. The smallest absolute Gasteiger partial charge is 0.408 e. The highest BCUT2D eigenvalue weighted by molar-refractivity contribution is 5.98. The lowest BCUT2D eigenvalue weighted by Gasteiger charge is -2.19. The van der Waals surface area contributed by atoms with Gasteiger partial charge < -0.3 is 24.8 Å². The number of esters is 2. The van der Waals surface area contributed by atoms with Gasteiger partial charge in [0.05, 0.1) is 0 Å². The molecule has 9 nitrogen and oxygen atoms in total. The highest BCUT2D eigenvalue weighted by Gasteiger charge is 2.31. The molecule has 0 spiro atoms. The van der Waals surface area contributed by atoms with Gasteiger partial charge >= 0.3 is 18.0 Å². The Morgan fingerprint density at radius 3 is 2.29 bits per heavy atom. The molecule has 1 aliphatic heterocycles. The van der Waals surface area contributed by atoms with Crippen LogP contribution < -0.4 is 10.6 Å². The van der Waals surface area contributed by atoms with E-state index in [-0.39, 0.29) is 6.61 Å². The molecule has 1 fully saturated rings. The Hall–Kier alpha value is -3.72. The summed E-state index contributed by atoms with van der Waals surface area (Å²) in [5.41, 5.74) is 1.15. The zero-order chi connectivity index (χ0) is 24.3. The molecule has 3 rings (SSSR count). The van der Waals surface area contributed by atoms with Gasteiger partial charge in [-0.3, -0.25) is 9.59 Å². The van der Waals surface area contributed by atoms with E-state index in [9.17, 15) is 19.2 Å². The first-order valence-corrected chi connectivity index (χ1v) is 11.0. The fourth-order valence-corrected chi connectivity index (χ4v) is 3.38. The molecular weight excluding hydrogens is 440 g/mol. The van der Waals surface area contributed by atoms with Crippen LogP contribution in [0.4, 0.5) is 4.79 Å². The van der Waals surface area contributed by atoms with Crippen LogP contribution in [0, 0.1) is 5.92 Å². The molecule has 9 heteroatoms. The van der Waals surface area contributed by atoms with Crippen LogP contribution in [0.25, 0.3) is 0 Å². The lowest BCUT2D eigenvalue weighted by molar-refractivity contribution is -0.152. The Bertz CT molecular complexity index is 981. The largest absolute Gasteiger partial charge is 0.462 e. The summed E-state index contributed by atoms with van der Waals surface area (Å²) in [7, 11) is 0. The second-order valence-electron chi connectivity index (χ2n) is 8.09. The van der Waals surface area contributed by atoms with E-state index in [2.05, 4.69) is 10.6 Å². The van der Waals surface area contributed by atoms with Crippen molar-refractivity contribution < 1.29 is 33.4 Å². The second kappa shape index (κ2) is 12.5. The van der Waals surface area contributed by atoms with Crippen LogP contribution in [0.5, 0.6) is 0 Å². The predicted octanol–water partition coefficient (Wildman–Crippen LogP) is 2.25. The van der Waals surface area contributed by atoms with E-state index in [0.29, 0.717) is 24.4 Å². The molecule has 2 N–H and O–H groups in total. The maximum absolute atomic E-state index is 12.6. The van der Waals surface area contributed by atoms with Crippen molar-refractivity contribution in [2.45, 2.75) is 32.0 Å². The van der Waals surface area contributed by atoms with E-state index in [1.807, 2.05) is 13.0 Å². The summed E-state index contributed by atoms with van der Waals surface area (Å²) in [6.07, 6.45) is -0.268. The van der Waals surface area contributed by atoms with Crippen molar-refractivity contribution >= 4 is 23.8 Å². The van der Waals surface area contributed by atoms with E-state index in [0.717, 1.165) is 5.56 Å². The molecule has 3 atom stereocenters. The highest BCUT2D eigenvalue weighted by atomic mass is 16.6. The van der Waals surface area contributed by atoms with Crippen LogP contribution in [0.1, 0.15) is 29.3 Å². The van der Waals surface area contributed by atoms with Crippen LogP contribution in [0.15, 0.2) is 60.7 Å². The standard InChI is InChI=1S/C25H28N2O7/c1-17-12-20(26-13-17)23(29)32-15-21(27-25(31)34-14-18-8-4-2-5-9-18)24(30)33-16-22(28)19-10-6-3-7-11-19/h2-11,17,20-21,26H,12-16H2,1H3,(H,27,31)/t17-,20+,21+/m1/s1. The number of benzene rings is 2. The zero-order valence-electron chi connectivity index (χ0n) is 18.9. The molecule has 1 aliphatic rings. The summed E-state index contributed by atoms with van der Waals surface area (Å²) in [6, 6.07) is 15.5.